The molecule has 1 aromatic heterocycles. The van der Waals surface area contributed by atoms with Crippen molar-refractivity contribution in [2.45, 2.75) is 5.03 Å². The van der Waals surface area contributed by atoms with Gasteiger partial charge in [0.15, 0.2) is 0 Å². The van der Waals surface area contributed by atoms with Gasteiger partial charge in [-0.25, -0.2) is 0 Å². The van der Waals surface area contributed by atoms with Crippen LogP contribution in [-0.2, 0) is 0 Å². The Bertz CT molecular complexity index is 531. The van der Waals surface area contributed by atoms with Gasteiger partial charge in [0.2, 0.25) is 0 Å². The number of thioether (sulfide) groups is 1. The fourth-order valence-electron chi connectivity index (χ4n) is 1.28. The van der Waals surface area contributed by atoms with Gasteiger partial charge >= 0.3 is 0 Å². The van der Waals surface area contributed by atoms with E-state index in [4.69, 9.17) is 16.9 Å². The van der Waals surface area contributed by atoms with Crippen LogP contribution in [0, 0.1) is 11.3 Å². The molecule has 0 aliphatic carbocycles. The highest BCUT2D eigenvalue weighted by atomic mass is 35.5. The lowest BCUT2D eigenvalue weighted by atomic mass is 10.1. The lowest BCUT2D eigenvalue weighted by Crippen LogP contribution is -1.89. The van der Waals surface area contributed by atoms with Gasteiger partial charge in [-0.05, 0) is 24.3 Å². The Balaban J connectivity index is 2.18. The molecule has 17 heavy (non-hydrogen) atoms. The van der Waals surface area contributed by atoms with Gasteiger partial charge in [0.1, 0.15) is 5.03 Å². The van der Waals surface area contributed by atoms with Crippen molar-refractivity contribution in [3.05, 3.63) is 41.4 Å². The van der Waals surface area contributed by atoms with E-state index in [1.54, 1.807) is 0 Å². The van der Waals surface area contributed by atoms with Crippen LogP contribution < -0.4 is 0 Å². The largest absolute Gasteiger partial charge is 0.197 e. The third-order valence-corrected chi connectivity index (χ3v) is 3.10. The normalized spacial score (nSPS) is 9.88. The molecule has 3 nitrogen and oxygen atoms in total. The molecule has 0 N–H and O–H groups in total. The van der Waals surface area contributed by atoms with E-state index in [9.17, 15) is 0 Å². The summed E-state index contributed by atoms with van der Waals surface area (Å²) in [7, 11) is 0. The number of benzene rings is 1. The third kappa shape index (κ3) is 3.19. The highest BCUT2D eigenvalue weighted by molar-refractivity contribution is 7.99. The van der Waals surface area contributed by atoms with Crippen molar-refractivity contribution in [3.8, 4) is 17.3 Å². The average molecular weight is 262 g/mol. The Morgan fingerprint density at radius 2 is 1.88 bits per heavy atom. The monoisotopic (exact) mass is 261 g/mol. The fourth-order valence-corrected chi connectivity index (χ4v) is 1.88. The van der Waals surface area contributed by atoms with Crippen molar-refractivity contribution in [3.63, 3.8) is 0 Å². The number of hydrogen-bond donors (Lipinski definition) is 0. The number of rotatable bonds is 3. The number of nitrogens with zero attached hydrogens (tertiary/aromatic N) is 3. The fraction of sp³-hybridized carbons (Fsp3) is 0.0833. The average Bonchev–Trinajstić information content (AvgIpc) is 2.38. The molecule has 0 radical (unpaired) electrons. The minimum atomic E-state index is 0.384. The summed E-state index contributed by atoms with van der Waals surface area (Å²) in [5, 5.41) is 18.1. The van der Waals surface area contributed by atoms with Crippen molar-refractivity contribution in [2.24, 2.45) is 0 Å². The van der Waals surface area contributed by atoms with E-state index < -0.39 is 0 Å². The maximum atomic E-state index is 8.45. The third-order valence-electron chi connectivity index (χ3n) is 2.06. The second kappa shape index (κ2) is 5.67. The highest BCUT2D eigenvalue weighted by Crippen LogP contribution is 2.21. The van der Waals surface area contributed by atoms with E-state index >= 15 is 0 Å². The van der Waals surface area contributed by atoms with Crippen LogP contribution in [0.1, 0.15) is 0 Å². The van der Waals surface area contributed by atoms with E-state index in [2.05, 4.69) is 10.2 Å². The van der Waals surface area contributed by atoms with Crippen LogP contribution in [0.3, 0.4) is 0 Å². The Labute approximate surface area is 108 Å². The number of nitriles is 1. The number of aromatic nitrogens is 2. The Morgan fingerprint density at radius 3 is 2.47 bits per heavy atom. The van der Waals surface area contributed by atoms with E-state index in [1.807, 2.05) is 42.5 Å². The van der Waals surface area contributed by atoms with E-state index in [-0.39, 0.29) is 0 Å². The summed E-state index contributed by atoms with van der Waals surface area (Å²) in [4.78, 5) is 0. The standard InChI is InChI=1S/C12H8ClN3S/c13-10-3-1-9(2-4-10)11-5-6-12(16-15-11)17-8-7-14/h1-6H,8H2. The smallest absolute Gasteiger partial charge is 0.120 e. The highest BCUT2D eigenvalue weighted by Gasteiger charge is 2.01. The van der Waals surface area contributed by atoms with Crippen molar-refractivity contribution in [1.29, 1.82) is 5.26 Å². The van der Waals surface area contributed by atoms with Crippen LogP contribution in [-0.4, -0.2) is 16.0 Å². The van der Waals surface area contributed by atoms with Gasteiger partial charge < -0.3 is 0 Å². The molecule has 0 spiro atoms. The summed E-state index contributed by atoms with van der Waals surface area (Å²) in [6.45, 7) is 0. The first-order chi connectivity index (χ1) is 8.29. The molecular weight excluding hydrogens is 254 g/mol. The summed E-state index contributed by atoms with van der Waals surface area (Å²) in [5.74, 6) is 0.384. The summed E-state index contributed by atoms with van der Waals surface area (Å²) in [5.41, 5.74) is 1.77. The minimum Gasteiger partial charge on any atom is -0.197 e. The lowest BCUT2D eigenvalue weighted by Gasteiger charge is -2.01. The summed E-state index contributed by atoms with van der Waals surface area (Å²) in [6.07, 6.45) is 0. The molecule has 0 saturated carbocycles. The first kappa shape index (κ1) is 11.9. The zero-order valence-electron chi connectivity index (χ0n) is 8.80. The van der Waals surface area contributed by atoms with Crippen molar-refractivity contribution < 1.29 is 0 Å². The molecule has 1 aromatic carbocycles. The quantitative estimate of drug-likeness (QED) is 0.795. The molecule has 0 atom stereocenters. The zero-order valence-corrected chi connectivity index (χ0v) is 10.4. The predicted octanol–water partition coefficient (Wildman–Crippen LogP) is 3.41. The van der Waals surface area contributed by atoms with Gasteiger partial charge in [0.05, 0.1) is 17.5 Å². The molecule has 2 rings (SSSR count). The van der Waals surface area contributed by atoms with Crippen LogP contribution in [0.25, 0.3) is 11.3 Å². The van der Waals surface area contributed by atoms with Crippen molar-refractivity contribution in [1.82, 2.24) is 10.2 Å². The summed E-state index contributed by atoms with van der Waals surface area (Å²) in [6, 6.07) is 13.2. The van der Waals surface area contributed by atoms with Gasteiger partial charge in [0.25, 0.3) is 0 Å². The van der Waals surface area contributed by atoms with E-state index in [0.717, 1.165) is 16.3 Å². The maximum Gasteiger partial charge on any atom is 0.120 e. The van der Waals surface area contributed by atoms with Gasteiger partial charge in [-0.3, -0.25) is 0 Å². The first-order valence-electron chi connectivity index (χ1n) is 4.89. The molecular formula is C12H8ClN3S. The molecule has 0 fully saturated rings. The Morgan fingerprint density at radius 1 is 1.12 bits per heavy atom. The molecule has 0 unspecified atom stereocenters. The lowest BCUT2D eigenvalue weighted by molar-refractivity contribution is 0.937. The second-order valence-electron chi connectivity index (χ2n) is 3.21. The first-order valence-corrected chi connectivity index (χ1v) is 6.25. The van der Waals surface area contributed by atoms with E-state index in [0.29, 0.717) is 10.8 Å². The Hall–Kier alpha value is -1.57. The molecule has 2 aromatic rings. The van der Waals surface area contributed by atoms with Crippen molar-refractivity contribution in [2.75, 3.05) is 5.75 Å². The molecule has 0 amide bonds. The zero-order chi connectivity index (χ0) is 12.1. The maximum absolute atomic E-state index is 8.45. The SMILES string of the molecule is N#CCSc1ccc(-c2ccc(Cl)cc2)nn1. The van der Waals surface area contributed by atoms with Gasteiger partial charge in [-0.1, -0.05) is 35.5 Å². The number of halogens is 1. The van der Waals surface area contributed by atoms with Gasteiger partial charge in [0, 0.05) is 10.6 Å². The molecule has 0 saturated heterocycles. The van der Waals surface area contributed by atoms with Crippen LogP contribution in [0.4, 0.5) is 0 Å². The van der Waals surface area contributed by atoms with Crippen molar-refractivity contribution >= 4 is 23.4 Å². The van der Waals surface area contributed by atoms with Gasteiger partial charge in [-0.2, -0.15) is 5.26 Å². The van der Waals surface area contributed by atoms with Crippen LogP contribution in [0.15, 0.2) is 41.4 Å². The molecule has 0 aliphatic rings. The van der Waals surface area contributed by atoms with Crippen LogP contribution in [0.5, 0.6) is 0 Å². The summed E-state index contributed by atoms with van der Waals surface area (Å²) < 4.78 is 0. The number of hydrogen-bond acceptors (Lipinski definition) is 4. The van der Waals surface area contributed by atoms with Crippen LogP contribution in [0.2, 0.25) is 5.02 Å². The van der Waals surface area contributed by atoms with E-state index in [1.165, 1.54) is 11.8 Å². The van der Waals surface area contributed by atoms with Crippen LogP contribution >= 0.6 is 23.4 Å². The summed E-state index contributed by atoms with van der Waals surface area (Å²) >= 11 is 7.18. The molecule has 84 valence electrons. The topological polar surface area (TPSA) is 49.6 Å². The molecule has 1 heterocycles. The Kier molecular flexibility index (Phi) is 3.97. The van der Waals surface area contributed by atoms with Gasteiger partial charge in [-0.15, -0.1) is 10.2 Å². The minimum absolute atomic E-state index is 0.384. The molecule has 0 bridgehead atoms. The molecule has 5 heteroatoms. The second-order valence-corrected chi connectivity index (χ2v) is 4.64. The molecule has 0 aliphatic heterocycles. The predicted molar refractivity (Wildman–Crippen MR) is 68.8 cm³/mol.